The van der Waals surface area contributed by atoms with Gasteiger partial charge in [-0.3, -0.25) is 4.98 Å². The van der Waals surface area contributed by atoms with Crippen molar-refractivity contribution in [2.75, 3.05) is 5.73 Å². The summed E-state index contributed by atoms with van der Waals surface area (Å²) in [5.74, 6) is -0.275. The van der Waals surface area contributed by atoms with E-state index in [4.69, 9.17) is 5.73 Å². The fourth-order valence-electron chi connectivity index (χ4n) is 3.56. The van der Waals surface area contributed by atoms with Gasteiger partial charge in [-0.1, -0.05) is 18.9 Å². The summed E-state index contributed by atoms with van der Waals surface area (Å²) in [4.78, 5) is 12.2. The van der Waals surface area contributed by atoms with Gasteiger partial charge in [-0.15, -0.1) is 24.8 Å². The Kier molecular flexibility index (Phi) is 7.74. The van der Waals surface area contributed by atoms with E-state index in [0.29, 0.717) is 29.7 Å². The number of nitrogens with two attached hydrogens (primary N) is 1. The molecule has 1 saturated carbocycles. The number of rotatable bonds is 4. The molecule has 3 aromatic rings. The molecule has 1 aliphatic rings. The molecule has 0 saturated heterocycles. The van der Waals surface area contributed by atoms with Crippen LogP contribution in [0, 0.1) is 5.82 Å². The van der Waals surface area contributed by atoms with Crippen LogP contribution in [0.15, 0.2) is 53.9 Å². The standard InChI is InChI=1S/C20H19FN4O2S.2ClH/c21-17-10-13(7-8-16(17)18-11-25-19(22)12-24-18)15-6-3-9-23-20(15)28(26,27)14-4-1-2-5-14;;/h3,6-12,14H,1-2,4-5H2,(H2,22,25);2*1H. The fourth-order valence-corrected chi connectivity index (χ4v) is 5.53. The van der Waals surface area contributed by atoms with Gasteiger partial charge in [-0.2, -0.15) is 0 Å². The maximum absolute atomic E-state index is 14.8. The third-order valence-electron chi connectivity index (χ3n) is 5.01. The average Bonchev–Trinajstić information content (AvgIpc) is 3.25. The third-order valence-corrected chi connectivity index (χ3v) is 7.22. The zero-order valence-corrected chi connectivity index (χ0v) is 18.3. The second-order valence-corrected chi connectivity index (χ2v) is 8.97. The maximum atomic E-state index is 14.8. The molecule has 1 fully saturated rings. The number of nitrogens with zero attached hydrogens (tertiary/aromatic N) is 3. The van der Waals surface area contributed by atoms with E-state index in [0.717, 1.165) is 12.8 Å². The number of sulfone groups is 1. The van der Waals surface area contributed by atoms with Crippen LogP contribution in [0.1, 0.15) is 25.7 Å². The van der Waals surface area contributed by atoms with E-state index in [1.165, 1.54) is 24.7 Å². The number of halogens is 3. The zero-order chi connectivity index (χ0) is 19.7. The molecule has 2 heterocycles. The highest BCUT2D eigenvalue weighted by molar-refractivity contribution is 7.92. The van der Waals surface area contributed by atoms with E-state index < -0.39 is 20.9 Å². The van der Waals surface area contributed by atoms with E-state index in [2.05, 4.69) is 15.0 Å². The molecule has 0 atom stereocenters. The minimum Gasteiger partial charge on any atom is -0.382 e. The summed E-state index contributed by atoms with van der Waals surface area (Å²) in [6.07, 6.45) is 7.29. The fraction of sp³-hybridized carbons (Fsp3) is 0.250. The van der Waals surface area contributed by atoms with Gasteiger partial charge in [-0.25, -0.2) is 22.8 Å². The lowest BCUT2D eigenvalue weighted by molar-refractivity contribution is 0.576. The molecular formula is C20H21Cl2FN4O2S. The maximum Gasteiger partial charge on any atom is 0.199 e. The highest BCUT2D eigenvalue weighted by atomic mass is 35.5. The molecule has 0 aliphatic heterocycles. The van der Waals surface area contributed by atoms with Crippen LogP contribution in [0.25, 0.3) is 22.4 Å². The van der Waals surface area contributed by atoms with Crippen molar-refractivity contribution in [1.29, 1.82) is 0 Å². The van der Waals surface area contributed by atoms with E-state index in [1.54, 1.807) is 24.3 Å². The molecule has 1 aliphatic carbocycles. The Hall–Kier alpha value is -2.29. The number of aromatic nitrogens is 3. The van der Waals surface area contributed by atoms with Crippen LogP contribution < -0.4 is 5.73 Å². The van der Waals surface area contributed by atoms with Crippen LogP contribution in [0.5, 0.6) is 0 Å². The normalized spacial score (nSPS) is 14.0. The summed E-state index contributed by atoms with van der Waals surface area (Å²) >= 11 is 0. The van der Waals surface area contributed by atoms with Crippen molar-refractivity contribution in [2.45, 2.75) is 36.0 Å². The molecule has 10 heteroatoms. The van der Waals surface area contributed by atoms with Crippen LogP contribution >= 0.6 is 24.8 Å². The summed E-state index contributed by atoms with van der Waals surface area (Å²) < 4.78 is 40.9. The second kappa shape index (κ2) is 9.68. The average molecular weight is 471 g/mol. The summed E-state index contributed by atoms with van der Waals surface area (Å²) in [7, 11) is -3.57. The molecular weight excluding hydrogens is 450 g/mol. The van der Waals surface area contributed by atoms with Gasteiger partial charge in [0, 0.05) is 17.3 Å². The highest BCUT2D eigenvalue weighted by Gasteiger charge is 2.33. The molecule has 0 radical (unpaired) electrons. The lowest BCUT2D eigenvalue weighted by atomic mass is 10.0. The van der Waals surface area contributed by atoms with Gasteiger partial charge in [0.05, 0.1) is 23.3 Å². The number of pyridine rings is 1. The summed E-state index contributed by atoms with van der Waals surface area (Å²) in [5, 5.41) is -0.406. The molecule has 6 nitrogen and oxygen atoms in total. The van der Waals surface area contributed by atoms with Crippen molar-refractivity contribution in [3.05, 3.63) is 54.7 Å². The highest BCUT2D eigenvalue weighted by Crippen LogP contribution is 2.35. The van der Waals surface area contributed by atoms with Crippen LogP contribution in [0.4, 0.5) is 10.2 Å². The molecule has 0 spiro atoms. The number of hydrogen-bond acceptors (Lipinski definition) is 6. The molecule has 0 amide bonds. The van der Waals surface area contributed by atoms with Crippen LogP contribution in [0.3, 0.4) is 0 Å². The molecule has 2 N–H and O–H groups in total. The van der Waals surface area contributed by atoms with E-state index in [1.807, 2.05) is 0 Å². The Bertz CT molecular complexity index is 1120. The number of nitrogen functional groups attached to an aromatic ring is 1. The Balaban J connectivity index is 0.00000160. The first-order valence-electron chi connectivity index (χ1n) is 9.03. The predicted octanol–water partition coefficient (Wildman–Crippen LogP) is 4.49. The lowest BCUT2D eigenvalue weighted by Gasteiger charge is -2.14. The summed E-state index contributed by atoms with van der Waals surface area (Å²) in [6.45, 7) is 0. The Labute approximate surface area is 186 Å². The van der Waals surface area contributed by atoms with Crippen molar-refractivity contribution in [3.63, 3.8) is 0 Å². The first kappa shape index (κ1) is 24.0. The van der Waals surface area contributed by atoms with Gasteiger partial charge in [0.1, 0.15) is 11.6 Å². The van der Waals surface area contributed by atoms with E-state index in [9.17, 15) is 12.8 Å². The lowest BCUT2D eigenvalue weighted by Crippen LogP contribution is -2.19. The van der Waals surface area contributed by atoms with Crippen LogP contribution in [0.2, 0.25) is 0 Å². The number of benzene rings is 1. The first-order chi connectivity index (χ1) is 13.5. The largest absolute Gasteiger partial charge is 0.382 e. The minimum atomic E-state index is -3.57. The van der Waals surface area contributed by atoms with Gasteiger partial charge >= 0.3 is 0 Å². The van der Waals surface area contributed by atoms with E-state index in [-0.39, 0.29) is 41.2 Å². The van der Waals surface area contributed by atoms with Crippen LogP contribution in [-0.2, 0) is 9.84 Å². The van der Waals surface area contributed by atoms with Gasteiger partial charge in [0.25, 0.3) is 0 Å². The Morgan fingerprint density at radius 2 is 1.70 bits per heavy atom. The second-order valence-electron chi connectivity index (χ2n) is 6.83. The van der Waals surface area contributed by atoms with E-state index >= 15 is 0 Å². The Morgan fingerprint density at radius 1 is 0.967 bits per heavy atom. The summed E-state index contributed by atoms with van der Waals surface area (Å²) in [5.41, 5.74) is 6.99. The molecule has 0 bridgehead atoms. The number of anilines is 1. The van der Waals surface area contributed by atoms with Gasteiger partial charge in [-0.05, 0) is 42.7 Å². The third kappa shape index (κ3) is 4.55. The van der Waals surface area contributed by atoms with Crippen LogP contribution in [-0.4, -0.2) is 28.6 Å². The van der Waals surface area contributed by atoms with Crippen molar-refractivity contribution in [2.24, 2.45) is 0 Å². The monoisotopic (exact) mass is 470 g/mol. The van der Waals surface area contributed by atoms with Crippen molar-refractivity contribution < 1.29 is 12.8 Å². The van der Waals surface area contributed by atoms with Gasteiger partial charge in [0.2, 0.25) is 0 Å². The molecule has 30 heavy (non-hydrogen) atoms. The zero-order valence-electron chi connectivity index (χ0n) is 15.9. The quantitative estimate of drug-likeness (QED) is 0.602. The van der Waals surface area contributed by atoms with Crippen molar-refractivity contribution >= 4 is 40.5 Å². The molecule has 1 aromatic carbocycles. The van der Waals surface area contributed by atoms with Crippen molar-refractivity contribution in [3.8, 4) is 22.4 Å². The first-order valence-corrected chi connectivity index (χ1v) is 10.6. The summed E-state index contributed by atoms with van der Waals surface area (Å²) in [6, 6.07) is 7.84. The van der Waals surface area contributed by atoms with Crippen molar-refractivity contribution in [1.82, 2.24) is 15.0 Å². The molecule has 4 rings (SSSR count). The minimum absolute atomic E-state index is 0. The van der Waals surface area contributed by atoms with Gasteiger partial charge < -0.3 is 5.73 Å². The Morgan fingerprint density at radius 3 is 2.33 bits per heavy atom. The topological polar surface area (TPSA) is 98.8 Å². The smallest absolute Gasteiger partial charge is 0.199 e. The molecule has 160 valence electrons. The van der Waals surface area contributed by atoms with Gasteiger partial charge in [0.15, 0.2) is 14.9 Å². The predicted molar refractivity (Wildman–Crippen MR) is 119 cm³/mol. The molecule has 0 unspecified atom stereocenters. The number of hydrogen-bond donors (Lipinski definition) is 1. The molecule has 2 aromatic heterocycles. The SMILES string of the molecule is Cl.Cl.Nc1cnc(-c2ccc(-c3cccnc3S(=O)(=O)C3CCCC3)cc2F)cn1.